The smallest absolute Gasteiger partial charge is 0.251 e. The van der Waals surface area contributed by atoms with E-state index in [4.69, 9.17) is 10.5 Å². The molecule has 0 aliphatic carbocycles. The van der Waals surface area contributed by atoms with Gasteiger partial charge >= 0.3 is 0 Å². The number of piperidine rings is 1. The molecule has 1 unspecified atom stereocenters. The van der Waals surface area contributed by atoms with Crippen molar-refractivity contribution >= 4 is 11.8 Å². The van der Waals surface area contributed by atoms with Gasteiger partial charge in [-0.1, -0.05) is 0 Å². The molecule has 2 saturated heterocycles. The van der Waals surface area contributed by atoms with E-state index in [1.54, 1.807) is 4.90 Å². The SMILES string of the molecule is NC(C(=O)N1CCC(NC(=O)c2ccc(F)cc2)CC1)C1CCOCC1. The molecule has 2 aliphatic rings. The van der Waals surface area contributed by atoms with Crippen LogP contribution < -0.4 is 11.1 Å². The van der Waals surface area contributed by atoms with E-state index in [1.807, 2.05) is 0 Å². The fraction of sp³-hybridized carbons (Fsp3) is 0.579. The number of benzene rings is 1. The Bertz CT molecular complexity index is 623. The summed E-state index contributed by atoms with van der Waals surface area (Å²) >= 11 is 0. The number of nitrogens with zero attached hydrogens (tertiary/aromatic N) is 1. The number of carbonyl (C=O) groups is 2. The van der Waals surface area contributed by atoms with Crippen LogP contribution in [0.5, 0.6) is 0 Å². The number of hydrogen-bond acceptors (Lipinski definition) is 4. The summed E-state index contributed by atoms with van der Waals surface area (Å²) in [6, 6.07) is 5.02. The molecule has 1 aromatic rings. The van der Waals surface area contributed by atoms with Gasteiger partial charge in [0.05, 0.1) is 6.04 Å². The second-order valence-corrected chi connectivity index (χ2v) is 7.06. The minimum atomic E-state index is -0.468. The van der Waals surface area contributed by atoms with Gasteiger partial charge in [-0.15, -0.1) is 0 Å². The third-order valence-electron chi connectivity index (χ3n) is 5.31. The molecule has 6 nitrogen and oxygen atoms in total. The number of nitrogens with one attached hydrogen (secondary N) is 1. The van der Waals surface area contributed by atoms with Crippen molar-refractivity contribution in [1.29, 1.82) is 0 Å². The Labute approximate surface area is 152 Å². The topological polar surface area (TPSA) is 84.7 Å². The van der Waals surface area contributed by atoms with Crippen LogP contribution in [0.3, 0.4) is 0 Å². The number of hydrogen-bond donors (Lipinski definition) is 2. The molecule has 0 aromatic heterocycles. The maximum atomic E-state index is 12.9. The second-order valence-electron chi connectivity index (χ2n) is 7.06. The van der Waals surface area contributed by atoms with Gasteiger partial charge in [-0.25, -0.2) is 4.39 Å². The first-order valence-electron chi connectivity index (χ1n) is 9.23. The maximum absolute atomic E-state index is 12.9. The first-order chi connectivity index (χ1) is 12.5. The molecule has 0 bridgehead atoms. The van der Waals surface area contributed by atoms with E-state index < -0.39 is 6.04 Å². The van der Waals surface area contributed by atoms with E-state index in [2.05, 4.69) is 5.32 Å². The average molecular weight is 363 g/mol. The number of halogens is 1. The molecule has 1 atom stereocenters. The maximum Gasteiger partial charge on any atom is 0.251 e. The normalized spacial score (nSPS) is 20.6. The van der Waals surface area contributed by atoms with E-state index in [0.29, 0.717) is 44.7 Å². The van der Waals surface area contributed by atoms with Gasteiger partial charge in [-0.05, 0) is 55.9 Å². The van der Waals surface area contributed by atoms with E-state index in [1.165, 1.54) is 24.3 Å². The summed E-state index contributed by atoms with van der Waals surface area (Å²) in [5.41, 5.74) is 6.62. The summed E-state index contributed by atoms with van der Waals surface area (Å²) in [5, 5.41) is 2.96. The quantitative estimate of drug-likeness (QED) is 0.845. The molecule has 2 fully saturated rings. The van der Waals surface area contributed by atoms with Gasteiger partial charge in [0, 0.05) is 37.9 Å². The fourth-order valence-electron chi connectivity index (χ4n) is 3.60. The Kier molecular flexibility index (Phi) is 6.21. The molecule has 142 valence electrons. The largest absolute Gasteiger partial charge is 0.381 e. The minimum Gasteiger partial charge on any atom is -0.381 e. The zero-order valence-corrected chi connectivity index (χ0v) is 14.8. The third kappa shape index (κ3) is 4.59. The zero-order chi connectivity index (χ0) is 18.5. The van der Waals surface area contributed by atoms with Gasteiger partial charge in [0.2, 0.25) is 5.91 Å². The molecule has 0 radical (unpaired) electrons. The lowest BCUT2D eigenvalue weighted by Crippen LogP contribution is -2.53. The number of carbonyl (C=O) groups excluding carboxylic acids is 2. The van der Waals surface area contributed by atoms with Crippen molar-refractivity contribution in [3.05, 3.63) is 35.6 Å². The molecule has 0 saturated carbocycles. The zero-order valence-electron chi connectivity index (χ0n) is 14.8. The Morgan fingerprint density at radius 3 is 2.35 bits per heavy atom. The van der Waals surface area contributed by atoms with E-state index in [9.17, 15) is 14.0 Å². The fourth-order valence-corrected chi connectivity index (χ4v) is 3.60. The summed E-state index contributed by atoms with van der Waals surface area (Å²) in [7, 11) is 0. The van der Waals surface area contributed by atoms with Crippen molar-refractivity contribution in [3.63, 3.8) is 0 Å². The van der Waals surface area contributed by atoms with Crippen molar-refractivity contribution in [3.8, 4) is 0 Å². The highest BCUT2D eigenvalue weighted by atomic mass is 19.1. The molecule has 7 heteroatoms. The van der Waals surface area contributed by atoms with Crippen molar-refractivity contribution in [2.75, 3.05) is 26.3 Å². The highest BCUT2D eigenvalue weighted by Gasteiger charge is 2.32. The van der Waals surface area contributed by atoms with Gasteiger partial charge in [0.25, 0.3) is 5.91 Å². The summed E-state index contributed by atoms with van der Waals surface area (Å²) in [6.07, 6.45) is 3.05. The van der Waals surface area contributed by atoms with E-state index in [0.717, 1.165) is 12.8 Å². The standard InChI is InChI=1S/C19H26FN3O3/c20-15-3-1-14(2-4-15)18(24)22-16-5-9-23(10-6-16)19(25)17(21)13-7-11-26-12-8-13/h1-4,13,16-17H,5-12,21H2,(H,22,24). The van der Waals surface area contributed by atoms with Crippen LogP contribution >= 0.6 is 0 Å². The van der Waals surface area contributed by atoms with Crippen LogP contribution in [0.2, 0.25) is 0 Å². The Balaban J connectivity index is 1.46. The third-order valence-corrected chi connectivity index (χ3v) is 5.31. The molecular weight excluding hydrogens is 337 g/mol. The molecular formula is C19H26FN3O3. The number of likely N-dealkylation sites (tertiary alicyclic amines) is 1. The number of ether oxygens (including phenoxy) is 1. The van der Waals surface area contributed by atoms with Crippen molar-refractivity contribution < 1.29 is 18.7 Å². The minimum absolute atomic E-state index is 0.000195. The summed E-state index contributed by atoms with van der Waals surface area (Å²) in [6.45, 7) is 2.51. The van der Waals surface area contributed by atoms with Gasteiger partial charge in [0.15, 0.2) is 0 Å². The van der Waals surface area contributed by atoms with Crippen molar-refractivity contribution in [1.82, 2.24) is 10.2 Å². The average Bonchev–Trinajstić information content (AvgIpc) is 2.68. The summed E-state index contributed by atoms with van der Waals surface area (Å²) in [4.78, 5) is 26.6. The predicted octanol–water partition coefficient (Wildman–Crippen LogP) is 1.30. The molecule has 0 spiro atoms. The number of rotatable bonds is 4. The lowest BCUT2D eigenvalue weighted by molar-refractivity contribution is -0.135. The lowest BCUT2D eigenvalue weighted by atomic mass is 9.91. The first-order valence-corrected chi connectivity index (χ1v) is 9.23. The molecule has 3 rings (SSSR count). The highest BCUT2D eigenvalue weighted by Crippen LogP contribution is 2.20. The molecule has 2 aliphatic heterocycles. The summed E-state index contributed by atoms with van der Waals surface area (Å²) in [5.74, 6) is -0.393. The van der Waals surface area contributed by atoms with Gasteiger partial charge in [-0.2, -0.15) is 0 Å². The highest BCUT2D eigenvalue weighted by molar-refractivity contribution is 5.94. The monoisotopic (exact) mass is 363 g/mol. The van der Waals surface area contributed by atoms with Crippen LogP contribution in [-0.2, 0) is 9.53 Å². The molecule has 2 amide bonds. The Morgan fingerprint density at radius 1 is 1.12 bits per heavy atom. The predicted molar refractivity (Wildman–Crippen MR) is 95.0 cm³/mol. The molecule has 2 heterocycles. The summed E-state index contributed by atoms with van der Waals surface area (Å²) < 4.78 is 18.3. The van der Waals surface area contributed by atoms with Crippen LogP contribution in [0.1, 0.15) is 36.0 Å². The van der Waals surface area contributed by atoms with Crippen molar-refractivity contribution in [2.24, 2.45) is 11.7 Å². The van der Waals surface area contributed by atoms with Gasteiger partial charge in [0.1, 0.15) is 5.82 Å². The van der Waals surface area contributed by atoms with Crippen LogP contribution in [0.15, 0.2) is 24.3 Å². The van der Waals surface area contributed by atoms with Gasteiger partial charge in [-0.3, -0.25) is 9.59 Å². The molecule has 26 heavy (non-hydrogen) atoms. The Hall–Kier alpha value is -1.99. The van der Waals surface area contributed by atoms with Gasteiger partial charge < -0.3 is 20.7 Å². The van der Waals surface area contributed by atoms with Crippen molar-refractivity contribution in [2.45, 2.75) is 37.8 Å². The van der Waals surface area contributed by atoms with E-state index >= 15 is 0 Å². The van der Waals surface area contributed by atoms with Crippen LogP contribution in [-0.4, -0.2) is 55.1 Å². The van der Waals surface area contributed by atoms with Crippen LogP contribution in [0.4, 0.5) is 4.39 Å². The Morgan fingerprint density at radius 2 is 1.73 bits per heavy atom. The number of amides is 2. The van der Waals surface area contributed by atoms with Crippen LogP contribution in [0, 0.1) is 11.7 Å². The van der Waals surface area contributed by atoms with Crippen LogP contribution in [0.25, 0.3) is 0 Å². The number of nitrogens with two attached hydrogens (primary N) is 1. The first kappa shape index (κ1) is 18.8. The molecule has 3 N–H and O–H groups in total. The molecule has 1 aromatic carbocycles. The van der Waals surface area contributed by atoms with E-state index in [-0.39, 0.29) is 29.6 Å². The lowest BCUT2D eigenvalue weighted by Gasteiger charge is -2.36. The second kappa shape index (κ2) is 8.60.